The summed E-state index contributed by atoms with van der Waals surface area (Å²) in [7, 11) is -3.55. The lowest BCUT2D eigenvalue weighted by molar-refractivity contribution is -0.118. The summed E-state index contributed by atoms with van der Waals surface area (Å²) in [5, 5.41) is 2.95. The van der Waals surface area contributed by atoms with E-state index in [1.165, 1.54) is 16.4 Å². The molecule has 3 rings (SSSR count). The number of amides is 1. The normalized spacial score (nSPS) is 15.0. The highest BCUT2D eigenvalue weighted by Gasteiger charge is 2.26. The van der Waals surface area contributed by atoms with E-state index < -0.39 is 10.0 Å². The van der Waals surface area contributed by atoms with E-state index in [2.05, 4.69) is 5.32 Å². The quantitative estimate of drug-likeness (QED) is 0.693. The highest BCUT2D eigenvalue weighted by atomic mass is 32.2. The summed E-state index contributed by atoms with van der Waals surface area (Å²) < 4.78 is 37.5. The molecule has 1 N–H and O–H groups in total. The van der Waals surface area contributed by atoms with Gasteiger partial charge < -0.3 is 14.8 Å². The smallest absolute Gasteiger partial charge is 0.262 e. The van der Waals surface area contributed by atoms with Crippen molar-refractivity contribution in [3.05, 3.63) is 53.6 Å². The van der Waals surface area contributed by atoms with Gasteiger partial charge in [0, 0.05) is 18.8 Å². The zero-order valence-electron chi connectivity index (χ0n) is 17.4. The van der Waals surface area contributed by atoms with E-state index >= 15 is 0 Å². The lowest BCUT2D eigenvalue weighted by Crippen LogP contribution is -2.40. The van der Waals surface area contributed by atoms with Crippen LogP contribution in [0, 0.1) is 0 Å². The number of nitrogens with one attached hydrogen (secondary N) is 1. The fraction of sp³-hybridized carbons (Fsp3) is 0.409. The second-order valence-electron chi connectivity index (χ2n) is 6.98. The van der Waals surface area contributed by atoms with Crippen LogP contribution >= 0.6 is 0 Å². The molecular weight excluding hydrogens is 404 g/mol. The SMILES string of the molecule is CCc1cccc(CC)c1NC(=O)COc1ccc(S(=O)(=O)N2CCOCC2)cc1. The molecule has 8 heteroatoms. The Morgan fingerprint density at radius 3 is 2.20 bits per heavy atom. The van der Waals surface area contributed by atoms with E-state index in [1.54, 1.807) is 12.1 Å². The maximum atomic E-state index is 12.7. The molecule has 1 aliphatic heterocycles. The van der Waals surface area contributed by atoms with Crippen molar-refractivity contribution in [3.8, 4) is 5.75 Å². The van der Waals surface area contributed by atoms with Crippen molar-refractivity contribution in [2.24, 2.45) is 0 Å². The summed E-state index contributed by atoms with van der Waals surface area (Å²) >= 11 is 0. The number of carbonyl (C=O) groups is 1. The third-order valence-corrected chi connectivity index (χ3v) is 6.98. The van der Waals surface area contributed by atoms with Gasteiger partial charge in [-0.2, -0.15) is 4.31 Å². The Labute approximate surface area is 178 Å². The number of sulfonamides is 1. The predicted octanol–water partition coefficient (Wildman–Crippen LogP) is 2.85. The van der Waals surface area contributed by atoms with E-state index in [0.717, 1.165) is 29.7 Å². The first-order valence-electron chi connectivity index (χ1n) is 10.2. The van der Waals surface area contributed by atoms with Crippen molar-refractivity contribution in [2.45, 2.75) is 31.6 Å². The third kappa shape index (κ3) is 5.19. The van der Waals surface area contributed by atoms with Crippen LogP contribution in [0.3, 0.4) is 0 Å². The molecule has 0 saturated carbocycles. The second-order valence-corrected chi connectivity index (χ2v) is 8.92. The molecule has 7 nitrogen and oxygen atoms in total. The lowest BCUT2D eigenvalue weighted by Gasteiger charge is -2.26. The zero-order chi connectivity index (χ0) is 21.6. The van der Waals surface area contributed by atoms with E-state index in [-0.39, 0.29) is 17.4 Å². The van der Waals surface area contributed by atoms with E-state index in [1.807, 2.05) is 32.0 Å². The number of para-hydroxylation sites is 1. The number of hydrogen-bond donors (Lipinski definition) is 1. The molecule has 0 atom stereocenters. The predicted molar refractivity (Wildman–Crippen MR) is 115 cm³/mol. The van der Waals surface area contributed by atoms with Gasteiger partial charge in [-0.3, -0.25) is 4.79 Å². The number of benzene rings is 2. The molecule has 2 aromatic rings. The summed E-state index contributed by atoms with van der Waals surface area (Å²) in [6, 6.07) is 12.1. The van der Waals surface area contributed by atoms with Crippen molar-refractivity contribution in [1.82, 2.24) is 4.31 Å². The molecule has 1 saturated heterocycles. The van der Waals surface area contributed by atoms with Gasteiger partial charge in [-0.1, -0.05) is 32.0 Å². The van der Waals surface area contributed by atoms with E-state index in [9.17, 15) is 13.2 Å². The van der Waals surface area contributed by atoms with Crippen LogP contribution in [0.4, 0.5) is 5.69 Å². The first-order valence-corrected chi connectivity index (χ1v) is 11.6. The molecule has 2 aromatic carbocycles. The first-order chi connectivity index (χ1) is 14.5. The van der Waals surface area contributed by atoms with Gasteiger partial charge in [0.25, 0.3) is 5.91 Å². The van der Waals surface area contributed by atoms with Crippen molar-refractivity contribution < 1.29 is 22.7 Å². The molecule has 0 aromatic heterocycles. The number of morpholine rings is 1. The largest absolute Gasteiger partial charge is 0.484 e. The van der Waals surface area contributed by atoms with Gasteiger partial charge in [-0.05, 0) is 48.2 Å². The van der Waals surface area contributed by atoms with Crippen molar-refractivity contribution in [3.63, 3.8) is 0 Å². The number of carbonyl (C=O) groups excluding carboxylic acids is 1. The maximum Gasteiger partial charge on any atom is 0.262 e. The average molecular weight is 433 g/mol. The Morgan fingerprint density at radius 1 is 1.03 bits per heavy atom. The van der Waals surface area contributed by atoms with Gasteiger partial charge >= 0.3 is 0 Å². The summed E-state index contributed by atoms with van der Waals surface area (Å²) in [6.07, 6.45) is 1.65. The molecule has 0 aliphatic carbocycles. The Kier molecular flexibility index (Phi) is 7.47. The van der Waals surface area contributed by atoms with Crippen molar-refractivity contribution >= 4 is 21.6 Å². The molecule has 0 spiro atoms. The molecule has 1 heterocycles. The first kappa shape index (κ1) is 22.3. The van der Waals surface area contributed by atoms with Gasteiger partial charge in [0.1, 0.15) is 5.75 Å². The highest BCUT2D eigenvalue weighted by molar-refractivity contribution is 7.89. The minimum Gasteiger partial charge on any atom is -0.484 e. The maximum absolute atomic E-state index is 12.7. The fourth-order valence-corrected chi connectivity index (χ4v) is 4.78. The third-order valence-electron chi connectivity index (χ3n) is 5.06. The Balaban J connectivity index is 1.61. The number of aryl methyl sites for hydroxylation is 2. The minimum absolute atomic E-state index is 0.156. The Hall–Kier alpha value is -2.42. The van der Waals surface area contributed by atoms with Gasteiger partial charge in [-0.15, -0.1) is 0 Å². The number of nitrogens with zero attached hydrogens (tertiary/aromatic N) is 1. The van der Waals surface area contributed by atoms with Crippen LogP contribution in [-0.4, -0.2) is 51.5 Å². The number of ether oxygens (including phenoxy) is 2. The van der Waals surface area contributed by atoms with Crippen LogP contribution in [0.2, 0.25) is 0 Å². The number of rotatable bonds is 8. The van der Waals surface area contributed by atoms with E-state index in [4.69, 9.17) is 9.47 Å². The topological polar surface area (TPSA) is 84.9 Å². The summed E-state index contributed by atoms with van der Waals surface area (Å²) in [4.78, 5) is 12.6. The summed E-state index contributed by atoms with van der Waals surface area (Å²) in [6.45, 7) is 5.43. The van der Waals surface area contributed by atoms with Gasteiger partial charge in [0.05, 0.1) is 18.1 Å². The summed E-state index contributed by atoms with van der Waals surface area (Å²) in [5.74, 6) is 0.182. The summed E-state index contributed by atoms with van der Waals surface area (Å²) in [5.41, 5.74) is 3.02. The monoisotopic (exact) mass is 432 g/mol. The molecule has 1 amide bonds. The molecule has 1 fully saturated rings. The highest BCUT2D eigenvalue weighted by Crippen LogP contribution is 2.23. The van der Waals surface area contributed by atoms with Crippen LogP contribution in [-0.2, 0) is 32.4 Å². The van der Waals surface area contributed by atoms with Gasteiger partial charge in [-0.25, -0.2) is 8.42 Å². The molecular formula is C22H28N2O5S. The lowest BCUT2D eigenvalue weighted by atomic mass is 10.0. The van der Waals surface area contributed by atoms with Crippen LogP contribution in [0.25, 0.3) is 0 Å². The molecule has 0 bridgehead atoms. The fourth-order valence-electron chi connectivity index (χ4n) is 3.37. The van der Waals surface area contributed by atoms with Crippen LogP contribution in [0.5, 0.6) is 5.75 Å². The van der Waals surface area contributed by atoms with Crippen molar-refractivity contribution in [1.29, 1.82) is 0 Å². The Bertz CT molecular complexity index is 945. The van der Waals surface area contributed by atoms with Crippen LogP contribution in [0.15, 0.2) is 47.4 Å². The minimum atomic E-state index is -3.55. The molecule has 0 unspecified atom stereocenters. The van der Waals surface area contributed by atoms with Gasteiger partial charge in [0.2, 0.25) is 10.0 Å². The molecule has 30 heavy (non-hydrogen) atoms. The molecule has 0 radical (unpaired) electrons. The van der Waals surface area contributed by atoms with Crippen molar-refractivity contribution in [2.75, 3.05) is 38.2 Å². The zero-order valence-corrected chi connectivity index (χ0v) is 18.2. The average Bonchev–Trinajstić information content (AvgIpc) is 2.78. The number of hydrogen-bond acceptors (Lipinski definition) is 5. The Morgan fingerprint density at radius 2 is 1.63 bits per heavy atom. The second kappa shape index (κ2) is 10.1. The standard InChI is InChI=1S/C22H28N2O5S/c1-3-17-6-5-7-18(4-2)22(17)23-21(25)16-29-19-8-10-20(11-9-19)30(26,27)24-12-14-28-15-13-24/h5-11H,3-4,12-16H2,1-2H3,(H,23,25). The van der Waals surface area contributed by atoms with Gasteiger partial charge in [0.15, 0.2) is 6.61 Å². The molecule has 162 valence electrons. The van der Waals surface area contributed by atoms with Crippen LogP contribution in [0.1, 0.15) is 25.0 Å². The number of anilines is 1. The van der Waals surface area contributed by atoms with E-state index in [0.29, 0.717) is 32.1 Å². The van der Waals surface area contributed by atoms with Crippen LogP contribution < -0.4 is 10.1 Å². The molecule has 1 aliphatic rings.